The molecule has 1 aromatic rings. The average molecular weight is 359 g/mol. The van der Waals surface area contributed by atoms with E-state index < -0.39 is 0 Å². The molecule has 1 amide bonds. The van der Waals surface area contributed by atoms with Gasteiger partial charge in [0.25, 0.3) is 0 Å². The molecule has 0 aromatic heterocycles. The van der Waals surface area contributed by atoms with Crippen LogP contribution >= 0.6 is 23.2 Å². The van der Waals surface area contributed by atoms with E-state index in [0.717, 1.165) is 0 Å². The molecular weight excluding hydrogens is 339 g/mol. The van der Waals surface area contributed by atoms with E-state index in [1.165, 1.54) is 0 Å². The molecule has 0 saturated carbocycles. The fourth-order valence-electron chi connectivity index (χ4n) is 2.57. The zero-order valence-corrected chi connectivity index (χ0v) is 14.5. The van der Waals surface area contributed by atoms with Crippen molar-refractivity contribution in [2.24, 2.45) is 5.92 Å². The number of nitrogens with one attached hydrogen (secondary N) is 1. The van der Waals surface area contributed by atoms with Crippen molar-refractivity contribution >= 4 is 40.8 Å². The molecule has 126 valence electrons. The summed E-state index contributed by atoms with van der Waals surface area (Å²) in [5.41, 5.74) is 0.505. The number of nitrogens with zero attached hydrogens (tertiary/aromatic N) is 1. The number of hydrogen-bond donors (Lipinski definition) is 1. The second kappa shape index (κ2) is 8.52. The van der Waals surface area contributed by atoms with Crippen LogP contribution in [0.4, 0.5) is 5.69 Å². The number of carbonyl (C=O) groups is 2. The maximum atomic E-state index is 12.1. The van der Waals surface area contributed by atoms with Crippen molar-refractivity contribution in [1.29, 1.82) is 0 Å². The Balaban J connectivity index is 1.81. The van der Waals surface area contributed by atoms with Crippen LogP contribution in [-0.2, 0) is 14.3 Å². The van der Waals surface area contributed by atoms with E-state index in [2.05, 4.69) is 5.32 Å². The molecule has 0 unspecified atom stereocenters. The molecule has 0 atom stereocenters. The third kappa shape index (κ3) is 5.37. The van der Waals surface area contributed by atoms with Crippen molar-refractivity contribution < 1.29 is 14.3 Å². The molecule has 0 bridgehead atoms. The highest BCUT2D eigenvalue weighted by Gasteiger charge is 2.26. The van der Waals surface area contributed by atoms with Gasteiger partial charge in [0.1, 0.15) is 0 Å². The molecule has 2 rings (SSSR count). The molecule has 1 aliphatic heterocycles. The molecule has 23 heavy (non-hydrogen) atoms. The number of anilines is 1. The Morgan fingerprint density at radius 1 is 1.30 bits per heavy atom. The molecule has 1 fully saturated rings. The van der Waals surface area contributed by atoms with Gasteiger partial charge >= 0.3 is 5.97 Å². The zero-order valence-electron chi connectivity index (χ0n) is 13.0. The minimum Gasteiger partial charge on any atom is -0.466 e. The lowest BCUT2D eigenvalue weighted by Gasteiger charge is -2.30. The highest BCUT2D eigenvalue weighted by molar-refractivity contribution is 6.35. The van der Waals surface area contributed by atoms with E-state index in [0.29, 0.717) is 48.3 Å². The lowest BCUT2D eigenvalue weighted by Crippen LogP contribution is -2.41. The first kappa shape index (κ1) is 18.0. The number of piperidine rings is 1. The van der Waals surface area contributed by atoms with Crippen LogP contribution < -0.4 is 5.32 Å². The third-order valence-corrected chi connectivity index (χ3v) is 4.34. The number of amides is 1. The number of benzene rings is 1. The van der Waals surface area contributed by atoms with E-state index in [4.69, 9.17) is 27.9 Å². The van der Waals surface area contributed by atoms with Crippen LogP contribution in [0, 0.1) is 5.92 Å². The second-order valence-corrected chi connectivity index (χ2v) is 6.32. The minimum atomic E-state index is -0.149. The van der Waals surface area contributed by atoms with Gasteiger partial charge in [-0.05, 0) is 51.1 Å². The first-order valence-electron chi connectivity index (χ1n) is 7.63. The van der Waals surface area contributed by atoms with Crippen molar-refractivity contribution in [3.05, 3.63) is 28.2 Å². The fraction of sp³-hybridized carbons (Fsp3) is 0.500. The lowest BCUT2D eigenvalue weighted by molar-refractivity contribution is -0.149. The van der Waals surface area contributed by atoms with Crippen molar-refractivity contribution in [2.75, 3.05) is 31.6 Å². The molecular formula is C16H20Cl2N2O3. The summed E-state index contributed by atoms with van der Waals surface area (Å²) in [6.07, 6.45) is 1.42. The highest BCUT2D eigenvalue weighted by Crippen LogP contribution is 2.25. The number of likely N-dealkylation sites (tertiary alicyclic amines) is 1. The van der Waals surface area contributed by atoms with Gasteiger partial charge in [0.15, 0.2) is 0 Å². The maximum absolute atomic E-state index is 12.1. The highest BCUT2D eigenvalue weighted by atomic mass is 35.5. The third-order valence-electron chi connectivity index (χ3n) is 3.78. The Bertz CT molecular complexity index is 572. The molecule has 0 radical (unpaired) electrons. The van der Waals surface area contributed by atoms with E-state index in [1.54, 1.807) is 25.1 Å². The van der Waals surface area contributed by atoms with Crippen molar-refractivity contribution in [2.45, 2.75) is 19.8 Å². The van der Waals surface area contributed by atoms with Gasteiger partial charge < -0.3 is 10.1 Å². The number of ether oxygens (including phenoxy) is 1. The summed E-state index contributed by atoms with van der Waals surface area (Å²) in [5, 5.41) is 3.73. The topological polar surface area (TPSA) is 58.6 Å². The maximum Gasteiger partial charge on any atom is 0.309 e. The Hall–Kier alpha value is -1.30. The van der Waals surface area contributed by atoms with E-state index in [9.17, 15) is 9.59 Å². The van der Waals surface area contributed by atoms with Crippen LogP contribution in [0.1, 0.15) is 19.8 Å². The van der Waals surface area contributed by atoms with Gasteiger partial charge in [-0.25, -0.2) is 0 Å². The molecule has 0 aliphatic carbocycles. The number of halogens is 2. The van der Waals surface area contributed by atoms with Crippen molar-refractivity contribution in [1.82, 2.24) is 4.90 Å². The minimum absolute atomic E-state index is 0.0587. The quantitative estimate of drug-likeness (QED) is 0.821. The Labute approximate surface area is 145 Å². The zero-order chi connectivity index (χ0) is 16.8. The Morgan fingerprint density at radius 2 is 2.00 bits per heavy atom. The van der Waals surface area contributed by atoms with Gasteiger partial charge in [-0.3, -0.25) is 14.5 Å². The van der Waals surface area contributed by atoms with E-state index >= 15 is 0 Å². The lowest BCUT2D eigenvalue weighted by atomic mass is 9.97. The summed E-state index contributed by atoms with van der Waals surface area (Å²) in [5.74, 6) is -0.345. The number of esters is 1. The monoisotopic (exact) mass is 358 g/mol. The SMILES string of the molecule is CCOC(=O)C1CCN(CC(=O)Nc2cc(Cl)ccc2Cl)CC1. The van der Waals surface area contributed by atoms with Gasteiger partial charge in [0.2, 0.25) is 5.91 Å². The normalized spacial score (nSPS) is 16.1. The van der Waals surface area contributed by atoms with Crippen LogP contribution in [0.15, 0.2) is 18.2 Å². The summed E-state index contributed by atoms with van der Waals surface area (Å²) < 4.78 is 5.04. The fourth-order valence-corrected chi connectivity index (χ4v) is 2.91. The van der Waals surface area contributed by atoms with Crippen LogP contribution in [0.3, 0.4) is 0 Å². The van der Waals surface area contributed by atoms with E-state index in [-0.39, 0.29) is 24.3 Å². The first-order chi connectivity index (χ1) is 11.0. The smallest absolute Gasteiger partial charge is 0.309 e. The van der Waals surface area contributed by atoms with Crippen LogP contribution in [0.25, 0.3) is 0 Å². The molecule has 1 heterocycles. The second-order valence-electron chi connectivity index (χ2n) is 5.47. The van der Waals surface area contributed by atoms with Gasteiger partial charge in [0, 0.05) is 5.02 Å². The number of hydrogen-bond acceptors (Lipinski definition) is 4. The largest absolute Gasteiger partial charge is 0.466 e. The molecule has 7 heteroatoms. The first-order valence-corrected chi connectivity index (χ1v) is 8.39. The van der Waals surface area contributed by atoms with Crippen molar-refractivity contribution in [3.63, 3.8) is 0 Å². The van der Waals surface area contributed by atoms with Gasteiger partial charge in [0.05, 0.1) is 29.8 Å². The molecule has 1 aromatic carbocycles. The molecule has 1 saturated heterocycles. The molecule has 1 aliphatic rings. The Kier molecular flexibility index (Phi) is 6.69. The van der Waals surface area contributed by atoms with Crippen LogP contribution in [0.2, 0.25) is 10.0 Å². The summed E-state index contributed by atoms with van der Waals surface area (Å²) in [7, 11) is 0. The van der Waals surface area contributed by atoms with E-state index in [1.807, 2.05) is 4.90 Å². The predicted molar refractivity (Wildman–Crippen MR) is 90.9 cm³/mol. The predicted octanol–water partition coefficient (Wildman–Crippen LogP) is 3.21. The standard InChI is InChI=1S/C16H20Cl2N2O3/c1-2-23-16(22)11-5-7-20(8-6-11)10-15(21)19-14-9-12(17)3-4-13(14)18/h3-4,9,11H,2,5-8,10H2,1H3,(H,19,21). The summed E-state index contributed by atoms with van der Waals surface area (Å²) in [6, 6.07) is 4.93. The van der Waals surface area contributed by atoms with Gasteiger partial charge in [-0.2, -0.15) is 0 Å². The summed E-state index contributed by atoms with van der Waals surface area (Å²) in [4.78, 5) is 25.8. The molecule has 1 N–H and O–H groups in total. The number of rotatable bonds is 5. The molecule has 5 nitrogen and oxygen atoms in total. The Morgan fingerprint density at radius 3 is 2.65 bits per heavy atom. The molecule has 0 spiro atoms. The van der Waals surface area contributed by atoms with Crippen LogP contribution in [-0.4, -0.2) is 43.0 Å². The average Bonchev–Trinajstić information content (AvgIpc) is 2.52. The van der Waals surface area contributed by atoms with Gasteiger partial charge in [-0.15, -0.1) is 0 Å². The van der Waals surface area contributed by atoms with Crippen molar-refractivity contribution in [3.8, 4) is 0 Å². The summed E-state index contributed by atoms with van der Waals surface area (Å²) >= 11 is 11.9. The number of carbonyl (C=O) groups excluding carboxylic acids is 2. The van der Waals surface area contributed by atoms with Crippen LogP contribution in [0.5, 0.6) is 0 Å². The van der Waals surface area contributed by atoms with Gasteiger partial charge in [-0.1, -0.05) is 23.2 Å². The summed E-state index contributed by atoms with van der Waals surface area (Å²) in [6.45, 7) is 3.86.